The molecular formula is C16H13Br3ClF. The van der Waals surface area contributed by atoms with Crippen LogP contribution in [0.5, 0.6) is 0 Å². The molecule has 0 N–H and O–H groups in total. The third kappa shape index (κ3) is 4.10. The van der Waals surface area contributed by atoms with Crippen molar-refractivity contribution in [1.82, 2.24) is 0 Å². The van der Waals surface area contributed by atoms with E-state index in [-0.39, 0.29) is 16.3 Å². The van der Waals surface area contributed by atoms with Gasteiger partial charge in [0.1, 0.15) is 5.82 Å². The fourth-order valence-electron chi connectivity index (χ4n) is 2.25. The number of hydrogen-bond donors (Lipinski definition) is 0. The van der Waals surface area contributed by atoms with E-state index in [4.69, 9.17) is 11.6 Å². The average molecular weight is 499 g/mol. The highest BCUT2D eigenvalue weighted by Gasteiger charge is 2.30. The number of benzene rings is 2. The highest BCUT2D eigenvalue weighted by molar-refractivity contribution is 9.10. The molecule has 0 aliphatic rings. The van der Waals surface area contributed by atoms with E-state index in [1.165, 1.54) is 11.6 Å². The van der Waals surface area contributed by atoms with Crippen LogP contribution in [0.3, 0.4) is 0 Å². The van der Waals surface area contributed by atoms with Gasteiger partial charge in [0.25, 0.3) is 0 Å². The molecule has 0 saturated heterocycles. The summed E-state index contributed by atoms with van der Waals surface area (Å²) >= 11 is 16.7. The molecule has 2 rings (SSSR count). The zero-order valence-corrected chi connectivity index (χ0v) is 16.6. The zero-order chi connectivity index (χ0) is 15.5. The summed E-state index contributed by atoms with van der Waals surface area (Å²) in [4.78, 5) is 0. The minimum atomic E-state index is -0.383. The van der Waals surface area contributed by atoms with Crippen molar-refractivity contribution in [3.8, 4) is 0 Å². The summed E-state index contributed by atoms with van der Waals surface area (Å²) in [5, 5.41) is 1.74. The van der Waals surface area contributed by atoms with Crippen molar-refractivity contribution in [3.05, 3.63) is 68.9 Å². The van der Waals surface area contributed by atoms with Gasteiger partial charge in [-0.15, -0.1) is 0 Å². The molecule has 0 atom stereocenters. The first kappa shape index (κ1) is 17.5. The van der Waals surface area contributed by atoms with Crippen LogP contribution in [0.15, 0.2) is 46.9 Å². The largest absolute Gasteiger partial charge is 0.205 e. The summed E-state index contributed by atoms with van der Waals surface area (Å²) in [6.45, 7) is 0. The van der Waals surface area contributed by atoms with E-state index < -0.39 is 0 Å². The lowest BCUT2D eigenvalue weighted by molar-refractivity contribution is 0.549. The Balaban J connectivity index is 2.40. The molecular weight excluding hydrogens is 486 g/mol. The predicted octanol–water partition coefficient (Wildman–Crippen LogP) is 6.51. The number of halogens is 5. The van der Waals surface area contributed by atoms with Crippen molar-refractivity contribution in [2.45, 2.75) is 11.8 Å². The molecule has 0 fully saturated rings. The van der Waals surface area contributed by atoms with Gasteiger partial charge in [-0.2, -0.15) is 0 Å². The lowest BCUT2D eigenvalue weighted by Crippen LogP contribution is -2.33. The van der Waals surface area contributed by atoms with Crippen LogP contribution in [0.25, 0.3) is 0 Å². The molecule has 112 valence electrons. The highest BCUT2D eigenvalue weighted by Crippen LogP contribution is 2.34. The fourth-order valence-corrected chi connectivity index (χ4v) is 4.82. The summed E-state index contributed by atoms with van der Waals surface area (Å²) in [7, 11) is 0. The molecule has 0 aromatic heterocycles. The molecule has 0 heterocycles. The van der Waals surface area contributed by atoms with Crippen molar-refractivity contribution in [2.75, 3.05) is 10.7 Å². The van der Waals surface area contributed by atoms with Crippen LogP contribution in [0, 0.1) is 5.82 Å². The maximum Gasteiger partial charge on any atom is 0.141 e. The number of alkyl halides is 2. The molecule has 0 spiro atoms. The van der Waals surface area contributed by atoms with Gasteiger partial charge in [0.2, 0.25) is 0 Å². The Morgan fingerprint density at radius 1 is 1.05 bits per heavy atom. The molecule has 0 unspecified atom stereocenters. The van der Waals surface area contributed by atoms with Gasteiger partial charge in [-0.05, 0) is 41.8 Å². The molecule has 0 saturated carbocycles. The number of hydrogen-bond acceptors (Lipinski definition) is 0. The second-order valence-corrected chi connectivity index (χ2v) is 7.43. The maximum atomic E-state index is 13.3. The maximum absolute atomic E-state index is 13.3. The van der Waals surface area contributed by atoms with Gasteiger partial charge >= 0.3 is 0 Å². The van der Waals surface area contributed by atoms with Gasteiger partial charge in [-0.25, -0.2) is 4.39 Å². The second-order valence-electron chi connectivity index (χ2n) is 4.98. The fraction of sp³-hybridized carbons (Fsp3) is 0.250. The molecule has 2 aromatic rings. The van der Waals surface area contributed by atoms with Gasteiger partial charge in [-0.3, -0.25) is 0 Å². The van der Waals surface area contributed by atoms with Gasteiger partial charge in [0.05, 0.1) is 5.02 Å². The lowest BCUT2D eigenvalue weighted by atomic mass is 9.79. The third-order valence-corrected chi connectivity index (χ3v) is 6.40. The van der Waals surface area contributed by atoms with Gasteiger partial charge in [-0.1, -0.05) is 77.6 Å². The highest BCUT2D eigenvalue weighted by atomic mass is 79.9. The first-order valence-corrected chi connectivity index (χ1v) is 9.74. The summed E-state index contributed by atoms with van der Waals surface area (Å²) in [5.41, 5.74) is 2.11. The average Bonchev–Trinajstić information content (AvgIpc) is 2.48. The molecule has 2 aromatic carbocycles. The topological polar surface area (TPSA) is 0 Å². The van der Waals surface area contributed by atoms with E-state index >= 15 is 0 Å². The first-order valence-electron chi connectivity index (χ1n) is 6.33. The zero-order valence-electron chi connectivity index (χ0n) is 11.1. The molecule has 0 aliphatic heterocycles. The lowest BCUT2D eigenvalue weighted by Gasteiger charge is -2.31. The van der Waals surface area contributed by atoms with Crippen LogP contribution in [0.4, 0.5) is 4.39 Å². The Morgan fingerprint density at radius 3 is 2.33 bits per heavy atom. The minimum Gasteiger partial charge on any atom is -0.205 e. The van der Waals surface area contributed by atoms with Crippen molar-refractivity contribution in [2.24, 2.45) is 0 Å². The standard InChI is InChI=1S/C16H13Br3ClF/c17-9-16(10-18,12-2-1-3-13(19)7-12)8-11-4-5-15(21)14(20)6-11/h1-7H,8-10H2. The van der Waals surface area contributed by atoms with Crippen LogP contribution < -0.4 is 0 Å². The third-order valence-electron chi connectivity index (χ3n) is 3.48. The molecule has 0 radical (unpaired) electrons. The van der Waals surface area contributed by atoms with Crippen molar-refractivity contribution < 1.29 is 4.39 Å². The molecule has 21 heavy (non-hydrogen) atoms. The van der Waals surface area contributed by atoms with Crippen molar-refractivity contribution in [3.63, 3.8) is 0 Å². The molecule has 0 bridgehead atoms. The first-order chi connectivity index (χ1) is 10.0. The van der Waals surface area contributed by atoms with Crippen LogP contribution in [0.2, 0.25) is 5.02 Å². The van der Waals surface area contributed by atoms with E-state index in [0.717, 1.165) is 27.1 Å². The predicted molar refractivity (Wildman–Crippen MR) is 98.5 cm³/mol. The second kappa shape index (κ2) is 7.58. The Kier molecular flexibility index (Phi) is 6.30. The van der Waals surface area contributed by atoms with Crippen molar-refractivity contribution in [1.29, 1.82) is 0 Å². The summed E-state index contributed by atoms with van der Waals surface area (Å²) in [5.74, 6) is -0.383. The molecule has 0 nitrogen and oxygen atoms in total. The van der Waals surface area contributed by atoms with Crippen LogP contribution >= 0.6 is 59.4 Å². The van der Waals surface area contributed by atoms with E-state index in [1.54, 1.807) is 12.1 Å². The van der Waals surface area contributed by atoms with Gasteiger partial charge in [0.15, 0.2) is 0 Å². The van der Waals surface area contributed by atoms with Crippen LogP contribution in [-0.2, 0) is 11.8 Å². The van der Waals surface area contributed by atoms with Crippen molar-refractivity contribution >= 4 is 59.4 Å². The van der Waals surface area contributed by atoms with Crippen LogP contribution in [-0.4, -0.2) is 10.7 Å². The Hall–Kier alpha value is 0.1000. The monoisotopic (exact) mass is 496 g/mol. The van der Waals surface area contributed by atoms with Gasteiger partial charge < -0.3 is 0 Å². The van der Waals surface area contributed by atoms with E-state index in [9.17, 15) is 4.39 Å². The summed E-state index contributed by atoms with van der Waals surface area (Å²) < 4.78 is 14.4. The molecule has 5 heteroatoms. The van der Waals surface area contributed by atoms with Crippen LogP contribution in [0.1, 0.15) is 11.1 Å². The summed E-state index contributed by atoms with van der Waals surface area (Å²) in [6, 6.07) is 13.2. The normalized spacial score (nSPS) is 11.7. The SMILES string of the molecule is Fc1ccc(CC(CBr)(CBr)c2cccc(Br)c2)cc1Cl. The van der Waals surface area contributed by atoms with E-state index in [1.807, 2.05) is 12.1 Å². The Labute approximate surface area is 154 Å². The van der Waals surface area contributed by atoms with E-state index in [0.29, 0.717) is 0 Å². The summed E-state index contributed by atoms with van der Waals surface area (Å²) in [6.07, 6.45) is 0.764. The number of rotatable bonds is 5. The Morgan fingerprint density at radius 2 is 1.76 bits per heavy atom. The Bertz CT molecular complexity index is 627. The molecule has 0 amide bonds. The smallest absolute Gasteiger partial charge is 0.141 e. The molecule has 0 aliphatic carbocycles. The minimum absolute atomic E-state index is 0.120. The van der Waals surface area contributed by atoms with E-state index in [2.05, 4.69) is 59.9 Å². The quantitative estimate of drug-likeness (QED) is 0.412. The van der Waals surface area contributed by atoms with Gasteiger partial charge in [0, 0.05) is 20.5 Å².